The molecule has 0 radical (unpaired) electrons. The van der Waals surface area contributed by atoms with Crippen LogP contribution in [0.4, 0.5) is 0 Å². The number of hydrogen-bond donors (Lipinski definition) is 0. The maximum absolute atomic E-state index is 12.6. The Morgan fingerprint density at radius 2 is 2.03 bits per heavy atom. The lowest BCUT2D eigenvalue weighted by atomic mass is 10.3. The van der Waals surface area contributed by atoms with Crippen LogP contribution in [0.25, 0.3) is 20.9 Å². The van der Waals surface area contributed by atoms with E-state index in [2.05, 4.69) is 10.1 Å². The van der Waals surface area contributed by atoms with Gasteiger partial charge in [-0.05, 0) is 37.3 Å². The summed E-state index contributed by atoms with van der Waals surface area (Å²) < 4.78 is 8.65. The van der Waals surface area contributed by atoms with Crippen LogP contribution in [0.2, 0.25) is 5.02 Å². The van der Waals surface area contributed by atoms with E-state index in [0.29, 0.717) is 20.6 Å². The number of halogens is 1. The number of carbonyl (C=O) groups excluding carboxylic acids is 1. The Hall–Kier alpha value is -3.01. The van der Waals surface area contributed by atoms with Crippen LogP contribution < -0.4 is 5.56 Å². The van der Waals surface area contributed by atoms with Crippen molar-refractivity contribution in [1.82, 2.24) is 19.2 Å². The Balaban J connectivity index is 1.41. The molecule has 10 heteroatoms. The number of aryl methyl sites for hydroxylation is 1. The zero-order valence-corrected chi connectivity index (χ0v) is 17.9. The van der Waals surface area contributed by atoms with Crippen molar-refractivity contribution in [3.05, 3.63) is 79.6 Å². The first-order valence-corrected chi connectivity index (χ1v) is 10.9. The normalized spacial score (nSPS) is 11.4. The van der Waals surface area contributed by atoms with Gasteiger partial charge < -0.3 is 4.74 Å². The lowest BCUT2D eigenvalue weighted by Gasteiger charge is -2.04. The van der Waals surface area contributed by atoms with Crippen LogP contribution in [-0.4, -0.2) is 25.1 Å². The summed E-state index contributed by atoms with van der Waals surface area (Å²) in [6.07, 6.45) is 1.66. The molecule has 0 spiro atoms. The SMILES string of the molecule is Cc1nn(-c2ccc(Cl)cc2)c2sc(C(=O)OCc3cc(=O)n4ccsc4n3)cc12. The average Bonchev–Trinajstić information content (AvgIpc) is 3.44. The van der Waals surface area contributed by atoms with Crippen molar-refractivity contribution in [3.8, 4) is 5.69 Å². The zero-order chi connectivity index (χ0) is 20.8. The van der Waals surface area contributed by atoms with Gasteiger partial charge in [-0.25, -0.2) is 14.5 Å². The summed E-state index contributed by atoms with van der Waals surface area (Å²) in [5.74, 6) is -0.466. The van der Waals surface area contributed by atoms with Crippen molar-refractivity contribution in [1.29, 1.82) is 0 Å². The van der Waals surface area contributed by atoms with E-state index < -0.39 is 5.97 Å². The highest BCUT2D eigenvalue weighted by molar-refractivity contribution is 7.20. The monoisotopic (exact) mass is 456 g/mol. The molecule has 0 aliphatic rings. The number of ether oxygens (including phenoxy) is 1. The lowest BCUT2D eigenvalue weighted by molar-refractivity contribution is 0.0473. The van der Waals surface area contributed by atoms with Gasteiger partial charge in [-0.3, -0.25) is 9.20 Å². The molecule has 150 valence electrons. The first-order valence-electron chi connectivity index (χ1n) is 8.87. The first-order chi connectivity index (χ1) is 14.5. The number of benzene rings is 1. The maximum atomic E-state index is 12.6. The van der Waals surface area contributed by atoms with E-state index in [-0.39, 0.29) is 12.2 Å². The van der Waals surface area contributed by atoms with Crippen molar-refractivity contribution in [2.45, 2.75) is 13.5 Å². The quantitative estimate of drug-likeness (QED) is 0.373. The van der Waals surface area contributed by atoms with Gasteiger partial charge in [0.05, 0.1) is 17.1 Å². The predicted octanol–water partition coefficient (Wildman–Crippen LogP) is 4.48. The molecule has 0 aliphatic carbocycles. The molecule has 0 atom stereocenters. The van der Waals surface area contributed by atoms with Crippen molar-refractivity contribution in [2.75, 3.05) is 0 Å². The van der Waals surface area contributed by atoms with Crippen molar-refractivity contribution < 1.29 is 9.53 Å². The largest absolute Gasteiger partial charge is 0.455 e. The molecule has 4 heterocycles. The van der Waals surface area contributed by atoms with Crippen LogP contribution in [0.1, 0.15) is 21.1 Å². The van der Waals surface area contributed by atoms with E-state index in [9.17, 15) is 9.59 Å². The van der Waals surface area contributed by atoms with E-state index in [1.807, 2.05) is 19.1 Å². The van der Waals surface area contributed by atoms with Crippen LogP contribution >= 0.6 is 34.3 Å². The second-order valence-electron chi connectivity index (χ2n) is 6.52. The summed E-state index contributed by atoms with van der Waals surface area (Å²) in [5.41, 5.74) is 1.88. The average molecular weight is 457 g/mol. The number of nitrogens with zero attached hydrogens (tertiary/aromatic N) is 4. The van der Waals surface area contributed by atoms with E-state index in [0.717, 1.165) is 21.6 Å². The number of hydrogen-bond acceptors (Lipinski definition) is 7. The second-order valence-corrected chi connectivity index (χ2v) is 8.86. The van der Waals surface area contributed by atoms with E-state index in [1.54, 1.807) is 34.5 Å². The van der Waals surface area contributed by atoms with Gasteiger partial charge in [0.15, 0.2) is 4.96 Å². The van der Waals surface area contributed by atoms with Gasteiger partial charge in [0.1, 0.15) is 16.3 Å². The van der Waals surface area contributed by atoms with Gasteiger partial charge in [0.2, 0.25) is 0 Å². The van der Waals surface area contributed by atoms with E-state index in [4.69, 9.17) is 16.3 Å². The Morgan fingerprint density at radius 3 is 2.83 bits per heavy atom. The number of fused-ring (bicyclic) bond motifs is 2. The topological polar surface area (TPSA) is 78.5 Å². The number of rotatable bonds is 4. The van der Waals surface area contributed by atoms with Crippen LogP contribution in [0.5, 0.6) is 0 Å². The van der Waals surface area contributed by atoms with Gasteiger partial charge in [0, 0.05) is 28.1 Å². The molecule has 0 fully saturated rings. The van der Waals surface area contributed by atoms with Gasteiger partial charge in [-0.2, -0.15) is 5.10 Å². The van der Waals surface area contributed by atoms with E-state index >= 15 is 0 Å². The fourth-order valence-corrected chi connectivity index (χ4v) is 5.02. The molecule has 7 nitrogen and oxygen atoms in total. The molecule has 5 rings (SSSR count). The summed E-state index contributed by atoms with van der Waals surface area (Å²) in [6.45, 7) is 1.82. The van der Waals surface area contributed by atoms with Crippen LogP contribution in [0, 0.1) is 6.92 Å². The molecule has 0 unspecified atom stereocenters. The van der Waals surface area contributed by atoms with Crippen molar-refractivity contribution in [2.24, 2.45) is 0 Å². The highest BCUT2D eigenvalue weighted by Crippen LogP contribution is 2.31. The number of aromatic nitrogens is 4. The van der Waals surface area contributed by atoms with Gasteiger partial charge in [0.25, 0.3) is 5.56 Å². The van der Waals surface area contributed by atoms with Crippen LogP contribution in [0.3, 0.4) is 0 Å². The first kappa shape index (κ1) is 19.0. The minimum Gasteiger partial charge on any atom is -0.455 e. The summed E-state index contributed by atoms with van der Waals surface area (Å²) in [4.78, 5) is 30.9. The van der Waals surface area contributed by atoms with Crippen LogP contribution in [0.15, 0.2) is 52.8 Å². The Bertz CT molecular complexity index is 1460. The molecule has 0 aliphatic heterocycles. The third kappa shape index (κ3) is 3.30. The summed E-state index contributed by atoms with van der Waals surface area (Å²) in [6, 6.07) is 10.5. The second kappa shape index (κ2) is 7.35. The van der Waals surface area contributed by atoms with Crippen molar-refractivity contribution >= 4 is 55.4 Å². The highest BCUT2D eigenvalue weighted by atomic mass is 35.5. The fourth-order valence-electron chi connectivity index (χ4n) is 3.08. The molecule has 0 saturated carbocycles. The number of thiazole rings is 1. The third-order valence-corrected chi connectivity index (χ3v) is 6.62. The van der Waals surface area contributed by atoms with Crippen LogP contribution in [-0.2, 0) is 11.3 Å². The fraction of sp³-hybridized carbons (Fsp3) is 0.100. The zero-order valence-electron chi connectivity index (χ0n) is 15.5. The number of carbonyl (C=O) groups is 1. The third-order valence-electron chi connectivity index (χ3n) is 4.52. The Kier molecular flexibility index (Phi) is 4.65. The molecule has 0 amide bonds. The number of esters is 1. The molecule has 0 bridgehead atoms. The van der Waals surface area contributed by atoms with Gasteiger partial charge >= 0.3 is 5.97 Å². The summed E-state index contributed by atoms with van der Waals surface area (Å²) in [7, 11) is 0. The number of thiophene rings is 1. The minimum atomic E-state index is -0.466. The molecule has 0 saturated heterocycles. The molecular weight excluding hydrogens is 444 g/mol. The van der Waals surface area contributed by atoms with Gasteiger partial charge in [-0.1, -0.05) is 11.6 Å². The van der Waals surface area contributed by atoms with Crippen molar-refractivity contribution in [3.63, 3.8) is 0 Å². The van der Waals surface area contributed by atoms with E-state index in [1.165, 1.54) is 33.1 Å². The predicted molar refractivity (Wildman–Crippen MR) is 117 cm³/mol. The smallest absolute Gasteiger partial charge is 0.348 e. The lowest BCUT2D eigenvalue weighted by Crippen LogP contribution is -2.14. The molecule has 5 aromatic rings. The molecule has 4 aromatic heterocycles. The standard InChI is InChI=1S/C20H13ClN4O3S2/c1-11-15-9-16(30-18(15)25(23-11)14-4-2-12(21)3-5-14)19(27)28-10-13-8-17(26)24-6-7-29-20(24)22-13/h2-9H,10H2,1H3. The maximum Gasteiger partial charge on any atom is 0.348 e. The molecule has 1 aromatic carbocycles. The van der Waals surface area contributed by atoms with Gasteiger partial charge in [-0.15, -0.1) is 22.7 Å². The Morgan fingerprint density at radius 1 is 1.23 bits per heavy atom. The minimum absolute atomic E-state index is 0.0704. The highest BCUT2D eigenvalue weighted by Gasteiger charge is 2.18. The summed E-state index contributed by atoms with van der Waals surface area (Å²) >= 11 is 8.63. The molecule has 0 N–H and O–H groups in total. The summed E-state index contributed by atoms with van der Waals surface area (Å²) in [5, 5.41) is 7.87. The molecular formula is C20H13ClN4O3S2. The molecule has 30 heavy (non-hydrogen) atoms. The Labute approximate surface area is 182 Å².